The van der Waals surface area contributed by atoms with E-state index < -0.39 is 47.2 Å². The second kappa shape index (κ2) is 7.92. The SMILES string of the molecule is Cc1c(Cl)ccc2c1NC(=O)[C@]21N[C@H](CCC(N)=O)[C@H]2C(=O)N([C@H](C)c3ccccc3)C(=O)[C@@H]21. The number of anilines is 1. The third-order valence-electron chi connectivity index (χ3n) is 7.49. The third kappa shape index (κ3) is 3.02. The van der Waals surface area contributed by atoms with Gasteiger partial charge in [-0.05, 0) is 37.5 Å². The summed E-state index contributed by atoms with van der Waals surface area (Å²) >= 11 is 6.29. The number of nitrogens with two attached hydrogens (primary N) is 1. The molecule has 3 aliphatic rings. The number of amides is 4. The van der Waals surface area contributed by atoms with Crippen LogP contribution in [-0.4, -0.2) is 34.6 Å². The Kier molecular flexibility index (Phi) is 5.26. The Balaban J connectivity index is 1.63. The molecule has 1 spiro atoms. The van der Waals surface area contributed by atoms with Gasteiger partial charge in [-0.15, -0.1) is 0 Å². The van der Waals surface area contributed by atoms with E-state index in [1.165, 1.54) is 4.90 Å². The van der Waals surface area contributed by atoms with E-state index in [0.717, 1.165) is 5.56 Å². The zero-order chi connectivity index (χ0) is 24.4. The minimum atomic E-state index is -1.43. The molecule has 3 aliphatic heterocycles. The lowest BCUT2D eigenvalue weighted by Gasteiger charge is -2.31. The third-order valence-corrected chi connectivity index (χ3v) is 7.90. The van der Waals surface area contributed by atoms with Crippen LogP contribution < -0.4 is 16.4 Å². The van der Waals surface area contributed by atoms with Crippen LogP contribution in [0, 0.1) is 18.8 Å². The van der Waals surface area contributed by atoms with Gasteiger partial charge in [0.05, 0.1) is 23.6 Å². The van der Waals surface area contributed by atoms with Crippen molar-refractivity contribution in [1.29, 1.82) is 0 Å². The van der Waals surface area contributed by atoms with Crippen LogP contribution in [0.5, 0.6) is 0 Å². The molecular formula is C25H25ClN4O4. The Morgan fingerprint density at radius 2 is 1.85 bits per heavy atom. The van der Waals surface area contributed by atoms with Crippen LogP contribution in [-0.2, 0) is 24.7 Å². The number of hydrogen-bond donors (Lipinski definition) is 3. The van der Waals surface area contributed by atoms with Gasteiger partial charge in [-0.3, -0.25) is 29.4 Å². The lowest BCUT2D eigenvalue weighted by atomic mass is 9.76. The molecular weight excluding hydrogens is 456 g/mol. The predicted octanol–water partition coefficient (Wildman–Crippen LogP) is 2.40. The molecule has 9 heteroatoms. The second-order valence-corrected chi connectivity index (χ2v) is 9.66. The zero-order valence-corrected chi connectivity index (χ0v) is 19.6. The van der Waals surface area contributed by atoms with Crippen LogP contribution in [0.3, 0.4) is 0 Å². The van der Waals surface area contributed by atoms with E-state index in [2.05, 4.69) is 10.6 Å². The van der Waals surface area contributed by atoms with E-state index in [4.69, 9.17) is 17.3 Å². The summed E-state index contributed by atoms with van der Waals surface area (Å²) in [4.78, 5) is 54.1. The van der Waals surface area contributed by atoms with Crippen molar-refractivity contribution < 1.29 is 19.2 Å². The number of fused-ring (bicyclic) bond motifs is 4. The molecule has 34 heavy (non-hydrogen) atoms. The summed E-state index contributed by atoms with van der Waals surface area (Å²) in [6.07, 6.45) is 0.265. The van der Waals surface area contributed by atoms with Gasteiger partial charge in [-0.1, -0.05) is 48.0 Å². The van der Waals surface area contributed by atoms with Crippen molar-refractivity contribution in [3.8, 4) is 0 Å². The van der Waals surface area contributed by atoms with Gasteiger partial charge in [0.1, 0.15) is 5.54 Å². The Morgan fingerprint density at radius 1 is 1.15 bits per heavy atom. The van der Waals surface area contributed by atoms with Crippen LogP contribution in [0.1, 0.15) is 42.5 Å². The molecule has 0 bridgehead atoms. The summed E-state index contributed by atoms with van der Waals surface area (Å²) in [5.41, 5.74) is 6.60. The minimum Gasteiger partial charge on any atom is -0.370 e. The van der Waals surface area contributed by atoms with Crippen molar-refractivity contribution in [1.82, 2.24) is 10.2 Å². The molecule has 5 rings (SSSR count). The van der Waals surface area contributed by atoms with E-state index in [1.54, 1.807) is 26.0 Å². The fourth-order valence-corrected chi connectivity index (χ4v) is 5.98. The lowest BCUT2D eigenvalue weighted by Crippen LogP contribution is -2.53. The molecule has 176 valence electrons. The first-order chi connectivity index (χ1) is 16.2. The van der Waals surface area contributed by atoms with Crippen LogP contribution >= 0.6 is 11.6 Å². The van der Waals surface area contributed by atoms with Gasteiger partial charge in [0.2, 0.25) is 23.6 Å². The Hall–Kier alpha value is -3.23. The average molecular weight is 481 g/mol. The summed E-state index contributed by atoms with van der Waals surface area (Å²) in [7, 11) is 0. The second-order valence-electron chi connectivity index (χ2n) is 9.25. The smallest absolute Gasteiger partial charge is 0.250 e. The standard InChI is InChI=1S/C25H25ClN4O4/c1-12-16(26)9-8-15-21(12)28-24(34)25(15)20-19(17(29-25)10-11-18(27)31)22(32)30(23(20)33)13(2)14-6-4-3-5-7-14/h3-9,13,17,19-20,29H,10-11H2,1-2H3,(H2,27,31)(H,28,34)/t13-,17-,19-,20-,25+/m1/s1. The number of likely N-dealkylation sites (tertiary alicyclic amines) is 1. The minimum absolute atomic E-state index is 0.0286. The molecule has 0 aromatic heterocycles. The van der Waals surface area contributed by atoms with E-state index in [-0.39, 0.29) is 18.7 Å². The van der Waals surface area contributed by atoms with E-state index in [0.29, 0.717) is 21.8 Å². The van der Waals surface area contributed by atoms with Gasteiger partial charge in [0.25, 0.3) is 0 Å². The highest BCUT2D eigenvalue weighted by molar-refractivity contribution is 6.32. The summed E-state index contributed by atoms with van der Waals surface area (Å²) in [6, 6.07) is 11.6. The fourth-order valence-electron chi connectivity index (χ4n) is 5.82. The first kappa shape index (κ1) is 22.6. The molecule has 2 aromatic rings. The number of carbonyl (C=O) groups is 4. The van der Waals surface area contributed by atoms with E-state index in [1.807, 2.05) is 30.3 Å². The first-order valence-electron chi connectivity index (χ1n) is 11.3. The summed E-state index contributed by atoms with van der Waals surface area (Å²) in [5.74, 6) is -3.42. The number of nitrogens with zero attached hydrogens (tertiary/aromatic N) is 1. The molecule has 2 aromatic carbocycles. The maximum absolute atomic E-state index is 13.9. The van der Waals surface area contributed by atoms with Gasteiger partial charge in [0.15, 0.2) is 0 Å². The van der Waals surface area contributed by atoms with E-state index in [9.17, 15) is 19.2 Å². The van der Waals surface area contributed by atoms with Gasteiger partial charge < -0.3 is 11.1 Å². The molecule has 0 radical (unpaired) electrons. The first-order valence-corrected chi connectivity index (χ1v) is 11.6. The number of hydrogen-bond acceptors (Lipinski definition) is 5. The molecule has 0 unspecified atom stereocenters. The average Bonchev–Trinajstić information content (AvgIpc) is 3.40. The van der Waals surface area contributed by atoms with Crippen molar-refractivity contribution in [3.05, 3.63) is 64.2 Å². The number of carbonyl (C=O) groups excluding carboxylic acids is 4. The summed E-state index contributed by atoms with van der Waals surface area (Å²) in [6.45, 7) is 3.60. The molecule has 5 atom stereocenters. The van der Waals surface area contributed by atoms with Gasteiger partial charge in [-0.25, -0.2) is 0 Å². The summed E-state index contributed by atoms with van der Waals surface area (Å²) < 4.78 is 0. The Bertz CT molecular complexity index is 1230. The van der Waals surface area contributed by atoms with Crippen LogP contribution in [0.4, 0.5) is 5.69 Å². The van der Waals surface area contributed by atoms with Crippen LogP contribution in [0.25, 0.3) is 0 Å². The van der Waals surface area contributed by atoms with Crippen LogP contribution in [0.15, 0.2) is 42.5 Å². The Morgan fingerprint density at radius 3 is 2.53 bits per heavy atom. The highest BCUT2D eigenvalue weighted by Crippen LogP contribution is 2.55. The maximum atomic E-state index is 13.9. The molecule has 2 saturated heterocycles. The molecule has 2 fully saturated rings. The number of halogens is 1. The zero-order valence-electron chi connectivity index (χ0n) is 18.8. The molecule has 3 heterocycles. The van der Waals surface area contributed by atoms with Crippen LogP contribution in [0.2, 0.25) is 5.02 Å². The van der Waals surface area contributed by atoms with Gasteiger partial charge in [0, 0.05) is 23.0 Å². The number of primary amides is 1. The lowest BCUT2D eigenvalue weighted by molar-refractivity contribution is -0.145. The largest absolute Gasteiger partial charge is 0.370 e. The molecule has 4 N–H and O–H groups in total. The number of benzene rings is 2. The topological polar surface area (TPSA) is 122 Å². The highest BCUT2D eigenvalue weighted by atomic mass is 35.5. The van der Waals surface area contributed by atoms with Crippen molar-refractivity contribution in [2.45, 2.75) is 44.3 Å². The summed E-state index contributed by atoms with van der Waals surface area (Å²) in [5, 5.41) is 6.68. The number of nitrogens with one attached hydrogen (secondary N) is 2. The Labute approximate surface area is 201 Å². The fraction of sp³-hybridized carbons (Fsp3) is 0.360. The maximum Gasteiger partial charge on any atom is 0.250 e. The van der Waals surface area contributed by atoms with Crippen molar-refractivity contribution in [2.24, 2.45) is 17.6 Å². The molecule has 4 amide bonds. The highest BCUT2D eigenvalue weighted by Gasteiger charge is 2.70. The quantitative estimate of drug-likeness (QED) is 0.567. The predicted molar refractivity (Wildman–Crippen MR) is 126 cm³/mol. The van der Waals surface area contributed by atoms with E-state index >= 15 is 0 Å². The van der Waals surface area contributed by atoms with Crippen molar-refractivity contribution in [2.75, 3.05) is 5.32 Å². The van der Waals surface area contributed by atoms with Crippen molar-refractivity contribution >= 4 is 40.9 Å². The molecule has 0 aliphatic carbocycles. The van der Waals surface area contributed by atoms with Crippen molar-refractivity contribution in [3.63, 3.8) is 0 Å². The normalized spacial score (nSPS) is 28.3. The number of imide groups is 1. The molecule has 8 nitrogen and oxygen atoms in total. The monoisotopic (exact) mass is 480 g/mol. The molecule has 0 saturated carbocycles. The van der Waals surface area contributed by atoms with Gasteiger partial charge in [-0.2, -0.15) is 0 Å². The number of rotatable bonds is 5. The van der Waals surface area contributed by atoms with Gasteiger partial charge >= 0.3 is 0 Å².